The van der Waals surface area contributed by atoms with Crippen LogP contribution in [0.5, 0.6) is 0 Å². The number of benzene rings is 1. The van der Waals surface area contributed by atoms with Gasteiger partial charge in [0.15, 0.2) is 0 Å². The van der Waals surface area contributed by atoms with Gasteiger partial charge in [0, 0.05) is 5.92 Å². The molecule has 4 N–H and O–H groups in total. The van der Waals surface area contributed by atoms with E-state index in [0.717, 1.165) is 39.3 Å². The molecule has 0 unspecified atom stereocenters. The number of quaternary nitrogens is 2. The van der Waals surface area contributed by atoms with Gasteiger partial charge in [0.2, 0.25) is 0 Å². The van der Waals surface area contributed by atoms with Crippen LogP contribution in [0.1, 0.15) is 18.4 Å². The highest BCUT2D eigenvalue weighted by atomic mass is 16.5. The molecule has 5 heteroatoms. The number of rotatable bonds is 9. The van der Waals surface area contributed by atoms with Gasteiger partial charge in [0.25, 0.3) is 0 Å². The zero-order valence-corrected chi connectivity index (χ0v) is 14.2. The highest BCUT2D eigenvalue weighted by Gasteiger charge is 2.24. The number of aliphatic hydroxyl groups is 2. The summed E-state index contributed by atoms with van der Waals surface area (Å²) in [7, 11) is 0. The molecule has 1 aliphatic rings. The summed E-state index contributed by atoms with van der Waals surface area (Å²) in [5.74, 6) is 0.348. The van der Waals surface area contributed by atoms with E-state index in [-0.39, 0.29) is 6.61 Å². The lowest BCUT2D eigenvalue weighted by Gasteiger charge is -2.30. The van der Waals surface area contributed by atoms with Crippen LogP contribution in [0.2, 0.25) is 0 Å². The van der Waals surface area contributed by atoms with Crippen LogP contribution in [-0.2, 0) is 4.74 Å². The fourth-order valence-electron chi connectivity index (χ4n) is 3.22. The molecule has 0 saturated carbocycles. The van der Waals surface area contributed by atoms with Crippen molar-refractivity contribution < 1.29 is 24.7 Å². The van der Waals surface area contributed by atoms with Gasteiger partial charge in [-0.25, -0.2) is 0 Å². The normalized spacial score (nSPS) is 24.3. The number of hydrogen-bond donors (Lipinski definition) is 4. The minimum atomic E-state index is -0.396. The van der Waals surface area contributed by atoms with Gasteiger partial charge in [-0.1, -0.05) is 37.3 Å². The number of nitrogens with one attached hydrogen (secondary N) is 2. The Morgan fingerprint density at radius 3 is 2.35 bits per heavy atom. The van der Waals surface area contributed by atoms with Crippen molar-refractivity contribution in [2.45, 2.75) is 18.9 Å². The molecule has 5 nitrogen and oxygen atoms in total. The topological polar surface area (TPSA) is 58.6 Å². The molecule has 1 saturated heterocycles. The Bertz CT molecular complexity index is 422. The largest absolute Gasteiger partial charge is 0.391 e. The first-order valence-corrected chi connectivity index (χ1v) is 8.77. The maximum absolute atomic E-state index is 10.2. The minimum Gasteiger partial charge on any atom is -0.391 e. The van der Waals surface area contributed by atoms with E-state index >= 15 is 0 Å². The Kier molecular flexibility index (Phi) is 7.99. The van der Waals surface area contributed by atoms with Crippen molar-refractivity contribution in [3.05, 3.63) is 35.9 Å². The molecule has 2 atom stereocenters. The molecule has 0 radical (unpaired) electrons. The highest BCUT2D eigenvalue weighted by Crippen LogP contribution is 2.14. The second-order valence-corrected chi connectivity index (χ2v) is 6.68. The Morgan fingerprint density at radius 2 is 1.70 bits per heavy atom. The Morgan fingerprint density at radius 1 is 1.04 bits per heavy atom. The van der Waals surface area contributed by atoms with E-state index in [1.165, 1.54) is 15.4 Å². The monoisotopic (exact) mass is 324 g/mol. The van der Waals surface area contributed by atoms with Gasteiger partial charge < -0.3 is 24.7 Å². The summed E-state index contributed by atoms with van der Waals surface area (Å²) in [6.45, 7) is 9.35. The Balaban J connectivity index is 1.59. The van der Waals surface area contributed by atoms with Crippen LogP contribution in [0.25, 0.3) is 0 Å². The van der Waals surface area contributed by atoms with E-state index in [0.29, 0.717) is 19.1 Å². The fourth-order valence-corrected chi connectivity index (χ4v) is 3.22. The highest BCUT2D eigenvalue weighted by molar-refractivity contribution is 5.18. The molecule has 1 heterocycles. The summed E-state index contributed by atoms with van der Waals surface area (Å²) in [5.41, 5.74) is 1.27. The van der Waals surface area contributed by atoms with Crippen LogP contribution in [0, 0.1) is 0 Å². The summed E-state index contributed by atoms with van der Waals surface area (Å²) < 4.78 is 5.71. The number of hydrogen-bond acceptors (Lipinski definition) is 3. The smallest absolute Gasteiger partial charge is 0.127 e. The van der Waals surface area contributed by atoms with Crippen molar-refractivity contribution in [3.8, 4) is 0 Å². The van der Waals surface area contributed by atoms with E-state index in [1.54, 1.807) is 0 Å². The maximum Gasteiger partial charge on any atom is 0.127 e. The quantitative estimate of drug-likeness (QED) is 0.423. The predicted molar refractivity (Wildman–Crippen MR) is 89.9 cm³/mol. The van der Waals surface area contributed by atoms with Crippen LogP contribution in [0.3, 0.4) is 0 Å². The van der Waals surface area contributed by atoms with Gasteiger partial charge in [-0.3, -0.25) is 0 Å². The Labute approximate surface area is 139 Å². The molecular formula is C18H32N2O3+2. The summed E-state index contributed by atoms with van der Waals surface area (Å²) in [5, 5.41) is 19.1. The van der Waals surface area contributed by atoms with Crippen molar-refractivity contribution in [1.29, 1.82) is 0 Å². The van der Waals surface area contributed by atoms with Crippen molar-refractivity contribution in [1.82, 2.24) is 0 Å². The molecule has 2 rings (SSSR count). The third-order valence-electron chi connectivity index (χ3n) is 4.70. The lowest BCUT2D eigenvalue weighted by atomic mass is 10.0. The van der Waals surface area contributed by atoms with Crippen molar-refractivity contribution in [2.24, 2.45) is 0 Å². The zero-order valence-electron chi connectivity index (χ0n) is 14.2. The van der Waals surface area contributed by atoms with Crippen LogP contribution < -0.4 is 9.80 Å². The van der Waals surface area contributed by atoms with Gasteiger partial charge in [-0.2, -0.15) is 0 Å². The van der Waals surface area contributed by atoms with E-state index in [4.69, 9.17) is 9.84 Å². The van der Waals surface area contributed by atoms with Gasteiger partial charge in [0.1, 0.15) is 45.4 Å². The minimum absolute atomic E-state index is 0.265. The second kappa shape index (κ2) is 10.0. The lowest BCUT2D eigenvalue weighted by molar-refractivity contribution is -1.01. The van der Waals surface area contributed by atoms with E-state index in [1.807, 2.05) is 18.2 Å². The van der Waals surface area contributed by atoms with Crippen LogP contribution in [0.4, 0.5) is 0 Å². The van der Waals surface area contributed by atoms with E-state index in [2.05, 4.69) is 19.1 Å². The third kappa shape index (κ3) is 6.57. The fraction of sp³-hybridized carbons (Fsp3) is 0.667. The van der Waals surface area contributed by atoms with Crippen LogP contribution in [0.15, 0.2) is 30.3 Å². The molecule has 1 aromatic rings. The number of piperazine rings is 1. The summed E-state index contributed by atoms with van der Waals surface area (Å²) in [6, 6.07) is 10.3. The average Bonchev–Trinajstić information content (AvgIpc) is 2.57. The average molecular weight is 324 g/mol. The Hall–Kier alpha value is -0.980. The first-order valence-electron chi connectivity index (χ1n) is 8.77. The van der Waals surface area contributed by atoms with Crippen LogP contribution in [-0.4, -0.2) is 75.4 Å². The SMILES string of the molecule is C[C@H](COC[C@@H](O)C[NH+]1CC[NH+](CCO)CC1)c1ccccc1. The number of aliphatic hydroxyl groups excluding tert-OH is 2. The summed E-state index contributed by atoms with van der Waals surface area (Å²) >= 11 is 0. The van der Waals surface area contributed by atoms with Gasteiger partial charge >= 0.3 is 0 Å². The summed E-state index contributed by atoms with van der Waals surface area (Å²) in [6.07, 6.45) is -0.396. The van der Waals surface area contributed by atoms with Gasteiger partial charge in [-0.05, 0) is 5.56 Å². The molecule has 0 spiro atoms. The first-order chi connectivity index (χ1) is 11.2. The molecule has 1 aromatic carbocycles. The zero-order chi connectivity index (χ0) is 16.5. The second-order valence-electron chi connectivity index (χ2n) is 6.68. The molecule has 23 heavy (non-hydrogen) atoms. The lowest BCUT2D eigenvalue weighted by Crippen LogP contribution is -3.28. The molecule has 0 bridgehead atoms. The molecular weight excluding hydrogens is 292 g/mol. The van der Waals surface area contributed by atoms with Crippen molar-refractivity contribution in [3.63, 3.8) is 0 Å². The molecule has 130 valence electrons. The third-order valence-corrected chi connectivity index (χ3v) is 4.70. The predicted octanol–water partition coefficient (Wildman–Crippen LogP) is -2.06. The van der Waals surface area contributed by atoms with E-state index in [9.17, 15) is 5.11 Å². The van der Waals surface area contributed by atoms with Crippen molar-refractivity contribution in [2.75, 3.05) is 59.1 Å². The number of ether oxygens (including phenoxy) is 1. The molecule has 0 aromatic heterocycles. The van der Waals surface area contributed by atoms with Crippen LogP contribution >= 0.6 is 0 Å². The van der Waals surface area contributed by atoms with E-state index < -0.39 is 6.10 Å². The van der Waals surface area contributed by atoms with Gasteiger partial charge in [0.05, 0.1) is 19.8 Å². The summed E-state index contributed by atoms with van der Waals surface area (Å²) in [4.78, 5) is 2.91. The molecule has 1 fully saturated rings. The van der Waals surface area contributed by atoms with Gasteiger partial charge in [-0.15, -0.1) is 0 Å². The standard InChI is InChI=1S/C18H30N2O3/c1-16(17-5-3-2-4-6-17)14-23-15-18(22)13-20-9-7-19(8-10-20)11-12-21/h2-6,16,18,21-22H,7-15H2,1H3/p+2/t16-,18+/m1/s1. The van der Waals surface area contributed by atoms with Crippen molar-refractivity contribution >= 4 is 0 Å². The molecule has 0 aliphatic carbocycles. The molecule has 0 amide bonds. The molecule has 1 aliphatic heterocycles. The maximum atomic E-state index is 10.2. The first kappa shape index (κ1) is 18.4.